The summed E-state index contributed by atoms with van der Waals surface area (Å²) in [4.78, 5) is 37.4. The van der Waals surface area contributed by atoms with Crippen molar-refractivity contribution in [3.63, 3.8) is 0 Å². The molecule has 0 heterocycles. The normalized spacial score (nSPS) is 15.9. The Balaban J connectivity index is 5.67. The zero-order valence-electron chi connectivity index (χ0n) is 23.4. The average molecular weight is 512 g/mol. The molecule has 7 heteroatoms. The summed E-state index contributed by atoms with van der Waals surface area (Å²) in [5, 5.41) is 32.8. The van der Waals surface area contributed by atoms with Gasteiger partial charge in [0.05, 0.1) is 12.5 Å². The Morgan fingerprint density at radius 2 is 1.06 bits per heavy atom. The second-order valence-electron chi connectivity index (χ2n) is 10.2. The number of carboxylic acid groups (broad SMARTS) is 3. The first-order valence-electron chi connectivity index (χ1n) is 14.4. The molecule has 0 aliphatic carbocycles. The van der Waals surface area contributed by atoms with E-state index in [1.54, 1.807) is 0 Å². The van der Waals surface area contributed by atoms with E-state index in [2.05, 4.69) is 19.1 Å². The number of aliphatic carboxylic acids is 3. The van der Waals surface area contributed by atoms with Gasteiger partial charge in [0.1, 0.15) is 6.04 Å². The van der Waals surface area contributed by atoms with Crippen LogP contribution in [0.2, 0.25) is 0 Å². The van der Waals surface area contributed by atoms with Gasteiger partial charge in [0, 0.05) is 19.3 Å². The number of rotatable bonds is 24. The van der Waals surface area contributed by atoms with Crippen molar-refractivity contribution in [2.75, 3.05) is 6.54 Å². The first kappa shape index (κ1) is 34.1. The first-order chi connectivity index (χ1) is 17.2. The van der Waals surface area contributed by atoms with Gasteiger partial charge in [0.25, 0.3) is 0 Å². The molecule has 0 aromatic rings. The number of nitrogens with zero attached hydrogens (tertiary/aromatic N) is 1. The molecule has 0 aliphatic rings. The van der Waals surface area contributed by atoms with Gasteiger partial charge in [-0.3, -0.25) is 4.48 Å². The zero-order chi connectivity index (χ0) is 27.4. The van der Waals surface area contributed by atoms with E-state index >= 15 is 0 Å². The lowest BCUT2D eigenvalue weighted by Crippen LogP contribution is -2.74. The quantitative estimate of drug-likeness (QED) is 0.0975. The molecule has 0 amide bonds. The lowest BCUT2D eigenvalue weighted by molar-refractivity contribution is -0.975. The average Bonchev–Trinajstić information content (AvgIpc) is 2.83. The number of carboxylic acids is 3. The molecule has 0 aromatic carbocycles. The molecule has 0 aliphatic heterocycles. The number of allylic oxidation sites excluding steroid dienone is 2. The van der Waals surface area contributed by atoms with Crippen LogP contribution >= 0.6 is 0 Å². The highest BCUT2D eigenvalue weighted by Crippen LogP contribution is 2.34. The number of carbonyl (C=O) groups is 3. The number of carbonyl (C=O) groups excluding carboxylic acids is 1. The van der Waals surface area contributed by atoms with Gasteiger partial charge in [-0.2, -0.15) is 0 Å². The van der Waals surface area contributed by atoms with Crippen LogP contribution in [0.1, 0.15) is 130 Å². The largest absolute Gasteiger partial charge is 0.544 e. The molecule has 0 saturated carbocycles. The highest BCUT2D eigenvalue weighted by Gasteiger charge is 2.54. The highest BCUT2D eigenvalue weighted by molar-refractivity contribution is 5.77. The van der Waals surface area contributed by atoms with Crippen LogP contribution in [0.15, 0.2) is 12.2 Å². The molecule has 2 N–H and O–H groups in total. The summed E-state index contributed by atoms with van der Waals surface area (Å²) in [6.45, 7) is 7.96. The van der Waals surface area contributed by atoms with Gasteiger partial charge < -0.3 is 20.1 Å². The van der Waals surface area contributed by atoms with Gasteiger partial charge in [-0.1, -0.05) is 78.4 Å². The summed E-state index contributed by atoms with van der Waals surface area (Å²) in [6.07, 6.45) is 17.3. The zero-order valence-corrected chi connectivity index (χ0v) is 23.4. The van der Waals surface area contributed by atoms with Gasteiger partial charge in [-0.15, -0.1) is 0 Å². The molecular formula is C29H53NO6. The van der Waals surface area contributed by atoms with Crippen LogP contribution in [-0.2, 0) is 14.4 Å². The Morgan fingerprint density at radius 1 is 0.639 bits per heavy atom. The Hall–Kier alpha value is -1.89. The Labute approximate surface area is 219 Å². The number of quaternary nitrogens is 1. The molecule has 0 saturated heterocycles. The van der Waals surface area contributed by atoms with Gasteiger partial charge in [0.15, 0.2) is 12.1 Å². The third kappa shape index (κ3) is 11.4. The number of hydrogen-bond donors (Lipinski definition) is 2. The van der Waals surface area contributed by atoms with E-state index in [0.29, 0.717) is 25.7 Å². The Morgan fingerprint density at radius 3 is 1.47 bits per heavy atom. The Bertz CT molecular complexity index is 588. The van der Waals surface area contributed by atoms with E-state index < -0.39 is 40.5 Å². The van der Waals surface area contributed by atoms with Crippen LogP contribution in [0.4, 0.5) is 0 Å². The van der Waals surface area contributed by atoms with Gasteiger partial charge in [-0.05, 0) is 44.9 Å². The third-order valence-electron chi connectivity index (χ3n) is 7.33. The summed E-state index contributed by atoms with van der Waals surface area (Å²) in [5.74, 6) is -3.60. The van der Waals surface area contributed by atoms with Crippen molar-refractivity contribution in [3.05, 3.63) is 12.2 Å². The number of hydrogen-bond acceptors (Lipinski definition) is 4. The van der Waals surface area contributed by atoms with E-state index in [1.807, 2.05) is 20.8 Å². The maximum atomic E-state index is 12.5. The summed E-state index contributed by atoms with van der Waals surface area (Å²) >= 11 is 0. The molecule has 0 rings (SSSR count). The molecule has 0 spiro atoms. The van der Waals surface area contributed by atoms with E-state index in [-0.39, 0.29) is 25.8 Å². The highest BCUT2D eigenvalue weighted by atomic mass is 16.4. The van der Waals surface area contributed by atoms with Crippen LogP contribution in [0.25, 0.3) is 0 Å². The predicted octanol–water partition coefficient (Wildman–Crippen LogP) is 5.71. The van der Waals surface area contributed by atoms with E-state index in [4.69, 9.17) is 0 Å². The molecule has 0 aromatic heterocycles. The van der Waals surface area contributed by atoms with Gasteiger partial charge in [-0.25, -0.2) is 9.59 Å². The maximum absolute atomic E-state index is 12.5. The van der Waals surface area contributed by atoms with Crippen molar-refractivity contribution < 1.29 is 34.2 Å². The predicted molar refractivity (Wildman–Crippen MR) is 142 cm³/mol. The smallest absolute Gasteiger partial charge is 0.362 e. The molecule has 36 heavy (non-hydrogen) atoms. The molecule has 0 fully saturated rings. The standard InChI is InChI=1S/C29H53NO6/c1-5-9-10-11-12-13-14-15-16-17-18-19-23-30(24(20-6-2)27(31)32,25(21-7-3)28(33)34)26(22-8-4)29(35)36/h15-16,24-26H,5-14,17-23H2,1-4H3,(H2-,31,32,33,34,35,36)/b16-15+. The Kier molecular flexibility index (Phi) is 19.1. The minimum atomic E-state index is -1.35. The van der Waals surface area contributed by atoms with Crippen molar-refractivity contribution in [3.8, 4) is 0 Å². The van der Waals surface area contributed by atoms with E-state index in [9.17, 15) is 29.7 Å². The lowest BCUT2D eigenvalue weighted by atomic mass is 9.91. The molecule has 3 unspecified atom stereocenters. The van der Waals surface area contributed by atoms with Gasteiger partial charge in [0.2, 0.25) is 0 Å². The van der Waals surface area contributed by atoms with Crippen molar-refractivity contribution in [1.29, 1.82) is 0 Å². The van der Waals surface area contributed by atoms with Crippen molar-refractivity contribution in [2.45, 2.75) is 149 Å². The molecular weight excluding hydrogens is 458 g/mol. The minimum Gasteiger partial charge on any atom is -0.544 e. The molecule has 7 nitrogen and oxygen atoms in total. The fraction of sp³-hybridized carbons (Fsp3) is 0.828. The van der Waals surface area contributed by atoms with Crippen LogP contribution in [0.5, 0.6) is 0 Å². The molecule has 3 atom stereocenters. The topological polar surface area (TPSA) is 115 Å². The first-order valence-corrected chi connectivity index (χ1v) is 14.4. The fourth-order valence-corrected chi connectivity index (χ4v) is 5.56. The SMILES string of the molecule is CCCCCCCC/C=C/CCCC[N+](C(CCC)C(=O)[O-])(C(CCC)C(=O)O)C(CCC)C(=O)O. The number of unbranched alkanes of at least 4 members (excludes halogenated alkanes) is 8. The molecule has 0 bridgehead atoms. The van der Waals surface area contributed by atoms with Crippen LogP contribution in [-0.4, -0.2) is 57.3 Å². The van der Waals surface area contributed by atoms with Crippen LogP contribution < -0.4 is 5.11 Å². The maximum Gasteiger partial charge on any atom is 0.362 e. The summed E-state index contributed by atoms with van der Waals surface area (Å²) in [7, 11) is 0. The van der Waals surface area contributed by atoms with Crippen LogP contribution in [0, 0.1) is 0 Å². The van der Waals surface area contributed by atoms with Gasteiger partial charge >= 0.3 is 11.9 Å². The molecule has 0 radical (unpaired) electrons. The monoisotopic (exact) mass is 511 g/mol. The summed E-state index contributed by atoms with van der Waals surface area (Å²) < 4.78 is -0.454. The summed E-state index contributed by atoms with van der Waals surface area (Å²) in [6, 6.07) is -3.36. The van der Waals surface area contributed by atoms with Crippen molar-refractivity contribution in [2.24, 2.45) is 0 Å². The third-order valence-corrected chi connectivity index (χ3v) is 7.33. The summed E-state index contributed by atoms with van der Waals surface area (Å²) in [5.41, 5.74) is 0. The van der Waals surface area contributed by atoms with E-state index in [1.165, 1.54) is 38.5 Å². The van der Waals surface area contributed by atoms with Crippen molar-refractivity contribution >= 4 is 17.9 Å². The fourth-order valence-electron chi connectivity index (χ4n) is 5.56. The van der Waals surface area contributed by atoms with Crippen LogP contribution in [0.3, 0.4) is 0 Å². The minimum absolute atomic E-state index is 0.196. The lowest BCUT2D eigenvalue weighted by Gasteiger charge is -2.52. The second kappa shape index (κ2) is 20.2. The molecule has 210 valence electrons. The van der Waals surface area contributed by atoms with E-state index in [0.717, 1.165) is 19.3 Å². The second-order valence-corrected chi connectivity index (χ2v) is 10.2. The van der Waals surface area contributed by atoms with Crippen molar-refractivity contribution in [1.82, 2.24) is 0 Å².